The molecule has 0 spiro atoms. The highest BCUT2D eigenvalue weighted by Gasteiger charge is 2.15. The number of nitrogens with one attached hydrogen (secondary N) is 1. The second kappa shape index (κ2) is 7.82. The van der Waals surface area contributed by atoms with Gasteiger partial charge in [0.2, 0.25) is 5.95 Å². The number of benzene rings is 1. The van der Waals surface area contributed by atoms with Gasteiger partial charge in [0, 0.05) is 11.5 Å². The van der Waals surface area contributed by atoms with Gasteiger partial charge in [-0.1, -0.05) is 19.8 Å². The van der Waals surface area contributed by atoms with Crippen LogP contribution in [0.5, 0.6) is 11.5 Å². The Labute approximate surface area is 135 Å². The van der Waals surface area contributed by atoms with Crippen molar-refractivity contribution in [2.45, 2.75) is 32.2 Å². The van der Waals surface area contributed by atoms with Crippen molar-refractivity contribution in [3.05, 3.63) is 12.1 Å². The number of hydrogen-bond acceptors (Lipinski definition) is 7. The van der Waals surface area contributed by atoms with Crippen LogP contribution in [-0.4, -0.2) is 41.9 Å². The fourth-order valence-corrected chi connectivity index (χ4v) is 2.44. The lowest BCUT2D eigenvalue weighted by Gasteiger charge is -2.18. The minimum Gasteiger partial charge on any atom is -0.493 e. The summed E-state index contributed by atoms with van der Waals surface area (Å²) < 4.78 is 10.6. The molecular formula is C16H24N4O3. The lowest BCUT2D eigenvalue weighted by atomic mass is 10.1. The second-order valence-corrected chi connectivity index (χ2v) is 5.32. The van der Waals surface area contributed by atoms with Crippen molar-refractivity contribution in [3.63, 3.8) is 0 Å². The number of aliphatic hydroxyl groups excluding tert-OH is 1. The predicted octanol–water partition coefficient (Wildman–Crippen LogP) is 2.19. The Morgan fingerprint density at radius 1 is 1.22 bits per heavy atom. The number of nitrogens with two attached hydrogens (primary N) is 1. The van der Waals surface area contributed by atoms with Crippen molar-refractivity contribution < 1.29 is 14.6 Å². The number of methoxy groups -OCH3 is 2. The van der Waals surface area contributed by atoms with Gasteiger partial charge in [-0.05, 0) is 12.5 Å². The number of anilines is 2. The second-order valence-electron chi connectivity index (χ2n) is 5.32. The van der Waals surface area contributed by atoms with E-state index >= 15 is 0 Å². The largest absolute Gasteiger partial charge is 0.493 e. The summed E-state index contributed by atoms with van der Waals surface area (Å²) in [5.74, 6) is 1.92. The molecule has 4 N–H and O–H groups in total. The van der Waals surface area contributed by atoms with E-state index in [9.17, 15) is 5.11 Å². The summed E-state index contributed by atoms with van der Waals surface area (Å²) in [7, 11) is 3.15. The summed E-state index contributed by atoms with van der Waals surface area (Å²) in [6.07, 6.45) is 2.94. The molecule has 1 heterocycles. The summed E-state index contributed by atoms with van der Waals surface area (Å²) in [5.41, 5.74) is 6.46. The zero-order valence-corrected chi connectivity index (χ0v) is 13.8. The number of nitrogen functional groups attached to an aromatic ring is 1. The summed E-state index contributed by atoms with van der Waals surface area (Å²) >= 11 is 0. The van der Waals surface area contributed by atoms with Gasteiger partial charge in [-0.25, -0.2) is 4.98 Å². The van der Waals surface area contributed by atoms with Gasteiger partial charge >= 0.3 is 0 Å². The topological polar surface area (TPSA) is 103 Å². The van der Waals surface area contributed by atoms with Crippen LogP contribution >= 0.6 is 0 Å². The molecule has 1 atom stereocenters. The molecule has 0 aliphatic rings. The third-order valence-electron chi connectivity index (χ3n) is 3.69. The Morgan fingerprint density at radius 3 is 2.52 bits per heavy atom. The van der Waals surface area contributed by atoms with Crippen molar-refractivity contribution in [2.75, 3.05) is 31.9 Å². The average Bonchev–Trinajstić information content (AvgIpc) is 2.56. The first-order valence-corrected chi connectivity index (χ1v) is 7.69. The van der Waals surface area contributed by atoms with E-state index in [-0.39, 0.29) is 18.6 Å². The van der Waals surface area contributed by atoms with E-state index in [0.29, 0.717) is 22.8 Å². The van der Waals surface area contributed by atoms with Crippen LogP contribution in [0.25, 0.3) is 10.9 Å². The van der Waals surface area contributed by atoms with Gasteiger partial charge < -0.3 is 25.6 Å². The van der Waals surface area contributed by atoms with Crippen molar-refractivity contribution in [2.24, 2.45) is 0 Å². The summed E-state index contributed by atoms with van der Waals surface area (Å²) in [6, 6.07) is 3.49. The number of aromatic nitrogens is 2. The van der Waals surface area contributed by atoms with E-state index in [4.69, 9.17) is 15.2 Å². The molecule has 0 aliphatic heterocycles. The van der Waals surface area contributed by atoms with Crippen molar-refractivity contribution in [1.82, 2.24) is 9.97 Å². The van der Waals surface area contributed by atoms with Crippen LogP contribution in [0, 0.1) is 0 Å². The normalized spacial score (nSPS) is 12.2. The first kappa shape index (κ1) is 17.1. The van der Waals surface area contributed by atoms with E-state index in [0.717, 1.165) is 24.6 Å². The highest BCUT2D eigenvalue weighted by Crippen LogP contribution is 2.34. The number of hydrogen-bond donors (Lipinski definition) is 3. The molecule has 0 radical (unpaired) electrons. The Balaban J connectivity index is 2.45. The maximum Gasteiger partial charge on any atom is 0.222 e. The molecule has 1 aromatic heterocycles. The van der Waals surface area contributed by atoms with Crippen molar-refractivity contribution in [1.29, 1.82) is 0 Å². The third-order valence-corrected chi connectivity index (χ3v) is 3.69. The van der Waals surface area contributed by atoms with Crippen LogP contribution in [0.4, 0.5) is 11.8 Å². The number of unbranched alkanes of at least 4 members (excludes halogenated alkanes) is 1. The predicted molar refractivity (Wildman–Crippen MR) is 91.1 cm³/mol. The fraction of sp³-hybridized carbons (Fsp3) is 0.500. The molecule has 0 fully saturated rings. The molecule has 0 bridgehead atoms. The van der Waals surface area contributed by atoms with Gasteiger partial charge in [0.25, 0.3) is 0 Å². The number of aliphatic hydroxyl groups is 1. The minimum absolute atomic E-state index is 0.0265. The molecule has 2 rings (SSSR count). The van der Waals surface area contributed by atoms with E-state index in [1.54, 1.807) is 20.3 Å². The van der Waals surface area contributed by atoms with Crippen LogP contribution in [-0.2, 0) is 0 Å². The molecule has 0 aliphatic carbocycles. The van der Waals surface area contributed by atoms with Crippen molar-refractivity contribution in [3.8, 4) is 11.5 Å². The summed E-state index contributed by atoms with van der Waals surface area (Å²) in [5, 5.41) is 13.6. The first-order valence-electron chi connectivity index (χ1n) is 7.69. The highest BCUT2D eigenvalue weighted by atomic mass is 16.5. The Hall–Kier alpha value is -2.28. The molecule has 7 heteroatoms. The molecule has 126 valence electrons. The van der Waals surface area contributed by atoms with Gasteiger partial charge in [-0.15, -0.1) is 0 Å². The fourth-order valence-electron chi connectivity index (χ4n) is 2.44. The van der Waals surface area contributed by atoms with E-state index in [1.807, 2.05) is 6.07 Å². The molecule has 23 heavy (non-hydrogen) atoms. The van der Waals surface area contributed by atoms with Crippen LogP contribution in [0.2, 0.25) is 0 Å². The molecule has 1 unspecified atom stereocenters. The summed E-state index contributed by atoms with van der Waals surface area (Å²) in [4.78, 5) is 8.52. The molecule has 0 saturated heterocycles. The summed E-state index contributed by atoms with van der Waals surface area (Å²) in [6.45, 7) is 2.14. The third kappa shape index (κ3) is 3.92. The Bertz CT molecular complexity index is 663. The van der Waals surface area contributed by atoms with Gasteiger partial charge in [-0.2, -0.15) is 4.98 Å². The molecule has 0 saturated carbocycles. The lowest BCUT2D eigenvalue weighted by molar-refractivity contribution is 0.267. The molecule has 7 nitrogen and oxygen atoms in total. The zero-order chi connectivity index (χ0) is 16.8. The van der Waals surface area contributed by atoms with Crippen LogP contribution in [0.1, 0.15) is 26.2 Å². The maximum absolute atomic E-state index is 9.56. The lowest BCUT2D eigenvalue weighted by Crippen LogP contribution is -2.24. The SMILES string of the molecule is CCCCC(CO)Nc1nc(N)nc2cc(OC)c(OC)cc12. The number of ether oxygens (including phenoxy) is 2. The van der Waals surface area contributed by atoms with Crippen LogP contribution < -0.4 is 20.5 Å². The number of rotatable bonds is 8. The molecule has 1 aromatic carbocycles. The molecule has 2 aromatic rings. The molecular weight excluding hydrogens is 296 g/mol. The minimum atomic E-state index is -0.0828. The Kier molecular flexibility index (Phi) is 5.81. The smallest absolute Gasteiger partial charge is 0.222 e. The van der Waals surface area contributed by atoms with Crippen molar-refractivity contribution >= 4 is 22.7 Å². The van der Waals surface area contributed by atoms with E-state index < -0.39 is 0 Å². The zero-order valence-electron chi connectivity index (χ0n) is 13.8. The van der Waals surface area contributed by atoms with E-state index in [1.165, 1.54) is 0 Å². The van der Waals surface area contributed by atoms with Crippen LogP contribution in [0.15, 0.2) is 12.1 Å². The quantitative estimate of drug-likeness (QED) is 0.685. The van der Waals surface area contributed by atoms with E-state index in [2.05, 4.69) is 22.2 Å². The average molecular weight is 320 g/mol. The molecule has 0 amide bonds. The standard InChI is InChI=1S/C16H24N4O3/c1-4-5-6-10(9-21)18-15-11-7-13(22-2)14(23-3)8-12(11)19-16(17)20-15/h7-8,10,21H,4-6,9H2,1-3H3,(H3,17,18,19,20). The number of nitrogens with zero attached hydrogens (tertiary/aromatic N) is 2. The van der Waals surface area contributed by atoms with Gasteiger partial charge in [0.15, 0.2) is 11.5 Å². The maximum atomic E-state index is 9.56. The highest BCUT2D eigenvalue weighted by molar-refractivity contribution is 5.92. The van der Waals surface area contributed by atoms with Crippen LogP contribution in [0.3, 0.4) is 0 Å². The Morgan fingerprint density at radius 2 is 1.91 bits per heavy atom. The monoisotopic (exact) mass is 320 g/mol. The number of fused-ring (bicyclic) bond motifs is 1. The van der Waals surface area contributed by atoms with Gasteiger partial charge in [0.1, 0.15) is 5.82 Å². The first-order chi connectivity index (χ1) is 11.1. The van der Waals surface area contributed by atoms with Gasteiger partial charge in [0.05, 0.1) is 32.4 Å². The van der Waals surface area contributed by atoms with Gasteiger partial charge in [-0.3, -0.25) is 0 Å².